The molecule has 17 heavy (non-hydrogen) atoms. The molecule has 1 unspecified atom stereocenters. The highest BCUT2D eigenvalue weighted by atomic mass is 16.2. The lowest BCUT2D eigenvalue weighted by molar-refractivity contribution is -0.131. The van der Waals surface area contributed by atoms with Crippen molar-refractivity contribution in [2.24, 2.45) is 5.73 Å². The van der Waals surface area contributed by atoms with Crippen molar-refractivity contribution in [3.05, 3.63) is 35.4 Å². The highest BCUT2D eigenvalue weighted by molar-refractivity contribution is 5.77. The maximum Gasteiger partial charge on any atom is 0.224 e. The molecule has 0 bridgehead atoms. The van der Waals surface area contributed by atoms with E-state index in [0.717, 1.165) is 18.7 Å². The lowest BCUT2D eigenvalue weighted by Gasteiger charge is -2.21. The molecule has 94 valence electrons. The lowest BCUT2D eigenvalue weighted by Crippen LogP contribution is -2.32. The molecule has 3 nitrogen and oxygen atoms in total. The van der Waals surface area contributed by atoms with Crippen LogP contribution in [0.4, 0.5) is 0 Å². The molecule has 2 N–H and O–H groups in total. The molecular weight excluding hydrogens is 212 g/mol. The second-order valence-corrected chi connectivity index (χ2v) is 4.29. The quantitative estimate of drug-likeness (QED) is 0.849. The van der Waals surface area contributed by atoms with Crippen LogP contribution >= 0.6 is 0 Å². The fourth-order valence-electron chi connectivity index (χ4n) is 1.83. The molecule has 0 aromatic heterocycles. The minimum atomic E-state index is -0.205. The summed E-state index contributed by atoms with van der Waals surface area (Å²) in [5.74, 6) is 0.128. The third-order valence-corrected chi connectivity index (χ3v) is 3.02. The molecule has 1 rings (SSSR count). The number of nitrogens with two attached hydrogens (primary N) is 1. The molecule has 1 amide bonds. The standard InChI is InChI=1S/C14H22N2O/c1-4-16(5-2)14(17)10-13(15)12-8-6-11(3)7-9-12/h6-9,13H,4-5,10,15H2,1-3H3. The minimum Gasteiger partial charge on any atom is -0.343 e. The van der Waals surface area contributed by atoms with E-state index in [1.165, 1.54) is 5.56 Å². The molecule has 0 aliphatic rings. The fraction of sp³-hybridized carbons (Fsp3) is 0.500. The molecular formula is C14H22N2O. The Hall–Kier alpha value is -1.35. The summed E-state index contributed by atoms with van der Waals surface area (Å²) in [5, 5.41) is 0. The normalized spacial score (nSPS) is 12.2. The Morgan fingerprint density at radius 3 is 2.24 bits per heavy atom. The first-order chi connectivity index (χ1) is 8.08. The fourth-order valence-corrected chi connectivity index (χ4v) is 1.83. The number of rotatable bonds is 5. The van der Waals surface area contributed by atoms with Gasteiger partial charge in [0.05, 0.1) is 0 Å². The van der Waals surface area contributed by atoms with Gasteiger partial charge in [-0.05, 0) is 26.3 Å². The van der Waals surface area contributed by atoms with Crippen molar-refractivity contribution in [1.82, 2.24) is 4.90 Å². The molecule has 1 aromatic rings. The van der Waals surface area contributed by atoms with Gasteiger partial charge in [0, 0.05) is 25.6 Å². The molecule has 0 saturated heterocycles. The van der Waals surface area contributed by atoms with Gasteiger partial charge >= 0.3 is 0 Å². The number of carbonyl (C=O) groups excluding carboxylic acids is 1. The van der Waals surface area contributed by atoms with E-state index in [2.05, 4.69) is 0 Å². The Morgan fingerprint density at radius 1 is 1.24 bits per heavy atom. The average Bonchev–Trinajstić information content (AvgIpc) is 2.31. The summed E-state index contributed by atoms with van der Waals surface area (Å²) in [5.41, 5.74) is 8.27. The van der Waals surface area contributed by atoms with Crippen LogP contribution in [0, 0.1) is 6.92 Å². The summed E-state index contributed by atoms with van der Waals surface area (Å²) < 4.78 is 0. The van der Waals surface area contributed by atoms with Crippen molar-refractivity contribution in [2.45, 2.75) is 33.2 Å². The maximum absolute atomic E-state index is 11.9. The van der Waals surface area contributed by atoms with Crippen molar-refractivity contribution in [2.75, 3.05) is 13.1 Å². The summed E-state index contributed by atoms with van der Waals surface area (Å²) in [7, 11) is 0. The minimum absolute atomic E-state index is 0.128. The molecule has 0 saturated carbocycles. The van der Waals surface area contributed by atoms with Crippen LogP contribution in [0.15, 0.2) is 24.3 Å². The van der Waals surface area contributed by atoms with Crippen molar-refractivity contribution >= 4 is 5.91 Å². The molecule has 0 aliphatic heterocycles. The van der Waals surface area contributed by atoms with Gasteiger partial charge < -0.3 is 10.6 Å². The van der Waals surface area contributed by atoms with Crippen LogP contribution < -0.4 is 5.73 Å². The zero-order valence-electron chi connectivity index (χ0n) is 10.9. The number of hydrogen-bond acceptors (Lipinski definition) is 2. The van der Waals surface area contributed by atoms with Crippen molar-refractivity contribution in [3.63, 3.8) is 0 Å². The smallest absolute Gasteiger partial charge is 0.224 e. The van der Waals surface area contributed by atoms with E-state index in [4.69, 9.17) is 5.73 Å². The van der Waals surface area contributed by atoms with Crippen molar-refractivity contribution in [1.29, 1.82) is 0 Å². The van der Waals surface area contributed by atoms with Crippen LogP contribution in [0.2, 0.25) is 0 Å². The summed E-state index contributed by atoms with van der Waals surface area (Å²) in [6.07, 6.45) is 0.380. The highest BCUT2D eigenvalue weighted by Gasteiger charge is 2.15. The van der Waals surface area contributed by atoms with E-state index in [1.807, 2.05) is 49.9 Å². The third-order valence-electron chi connectivity index (χ3n) is 3.02. The molecule has 0 heterocycles. The summed E-state index contributed by atoms with van der Waals surface area (Å²) in [6, 6.07) is 7.84. The van der Waals surface area contributed by atoms with E-state index in [0.29, 0.717) is 6.42 Å². The van der Waals surface area contributed by atoms with Gasteiger partial charge in [0.25, 0.3) is 0 Å². The first-order valence-corrected chi connectivity index (χ1v) is 6.18. The van der Waals surface area contributed by atoms with Crippen molar-refractivity contribution in [3.8, 4) is 0 Å². The Labute approximate surface area is 104 Å². The van der Waals surface area contributed by atoms with Gasteiger partial charge in [-0.25, -0.2) is 0 Å². The summed E-state index contributed by atoms with van der Waals surface area (Å²) >= 11 is 0. The molecule has 0 radical (unpaired) electrons. The first-order valence-electron chi connectivity index (χ1n) is 6.18. The molecule has 0 spiro atoms. The SMILES string of the molecule is CCN(CC)C(=O)CC(N)c1ccc(C)cc1. The van der Waals surface area contributed by atoms with Gasteiger partial charge in [-0.15, -0.1) is 0 Å². The van der Waals surface area contributed by atoms with E-state index in [-0.39, 0.29) is 11.9 Å². The molecule has 3 heteroatoms. The topological polar surface area (TPSA) is 46.3 Å². The Bertz CT molecular complexity index is 355. The van der Waals surface area contributed by atoms with Crippen LogP contribution in [0.25, 0.3) is 0 Å². The van der Waals surface area contributed by atoms with Crippen LogP contribution in [-0.2, 0) is 4.79 Å². The van der Waals surface area contributed by atoms with Gasteiger partial charge in [-0.1, -0.05) is 29.8 Å². The van der Waals surface area contributed by atoms with Crippen LogP contribution in [0.3, 0.4) is 0 Å². The zero-order valence-corrected chi connectivity index (χ0v) is 10.9. The molecule has 0 aliphatic carbocycles. The zero-order chi connectivity index (χ0) is 12.8. The van der Waals surface area contributed by atoms with E-state index in [1.54, 1.807) is 0 Å². The predicted octanol–water partition coefficient (Wildman–Crippen LogP) is 2.25. The average molecular weight is 234 g/mol. The van der Waals surface area contributed by atoms with Gasteiger partial charge in [0.2, 0.25) is 5.91 Å². The molecule has 0 fully saturated rings. The van der Waals surface area contributed by atoms with Crippen molar-refractivity contribution < 1.29 is 4.79 Å². The summed E-state index contributed by atoms with van der Waals surface area (Å²) in [4.78, 5) is 13.7. The maximum atomic E-state index is 11.9. The lowest BCUT2D eigenvalue weighted by atomic mass is 10.0. The van der Waals surface area contributed by atoms with Gasteiger partial charge in [-0.2, -0.15) is 0 Å². The Morgan fingerprint density at radius 2 is 1.76 bits per heavy atom. The van der Waals surface area contributed by atoms with E-state index < -0.39 is 0 Å². The number of amides is 1. The number of nitrogens with zero attached hydrogens (tertiary/aromatic N) is 1. The highest BCUT2D eigenvalue weighted by Crippen LogP contribution is 2.15. The van der Waals surface area contributed by atoms with Crippen LogP contribution in [-0.4, -0.2) is 23.9 Å². The number of aryl methyl sites for hydroxylation is 1. The van der Waals surface area contributed by atoms with Gasteiger partial charge in [0.1, 0.15) is 0 Å². The Balaban J connectivity index is 2.62. The monoisotopic (exact) mass is 234 g/mol. The third kappa shape index (κ3) is 3.86. The number of carbonyl (C=O) groups is 1. The largest absolute Gasteiger partial charge is 0.343 e. The molecule has 1 aromatic carbocycles. The van der Waals surface area contributed by atoms with Gasteiger partial charge in [-0.3, -0.25) is 4.79 Å². The number of hydrogen-bond donors (Lipinski definition) is 1. The second-order valence-electron chi connectivity index (χ2n) is 4.29. The Kier molecular flexibility index (Phi) is 5.16. The predicted molar refractivity (Wildman–Crippen MR) is 70.7 cm³/mol. The molecule has 1 atom stereocenters. The van der Waals surface area contributed by atoms with Gasteiger partial charge in [0.15, 0.2) is 0 Å². The van der Waals surface area contributed by atoms with E-state index in [9.17, 15) is 4.79 Å². The first kappa shape index (κ1) is 13.7. The summed E-state index contributed by atoms with van der Waals surface area (Å²) in [6.45, 7) is 7.50. The van der Waals surface area contributed by atoms with Crippen LogP contribution in [0.1, 0.15) is 37.4 Å². The van der Waals surface area contributed by atoms with E-state index >= 15 is 0 Å². The number of benzene rings is 1. The second kappa shape index (κ2) is 6.40. The van der Waals surface area contributed by atoms with Crippen LogP contribution in [0.5, 0.6) is 0 Å².